The molecule has 0 saturated carbocycles. The molecule has 7 nitrogen and oxygen atoms in total. The number of ether oxygens (including phenoxy) is 3. The molecule has 0 unspecified atom stereocenters. The molecule has 0 aromatic rings. The molecule has 0 amide bonds. The van der Waals surface area contributed by atoms with E-state index in [2.05, 4.69) is 19.7 Å². The number of rotatable bonds is 12. The van der Waals surface area contributed by atoms with Crippen LogP contribution in [-0.2, 0) is 28.6 Å². The van der Waals surface area contributed by atoms with Crippen LogP contribution in [0.4, 0.5) is 0 Å². The first-order chi connectivity index (χ1) is 11.6. The molecule has 0 aliphatic heterocycles. The molecule has 25 heavy (non-hydrogen) atoms. The van der Waals surface area contributed by atoms with E-state index in [0.717, 1.165) is 0 Å². The van der Waals surface area contributed by atoms with Crippen LogP contribution >= 0.6 is 0 Å². The van der Waals surface area contributed by atoms with Gasteiger partial charge in [-0.05, 0) is 20.8 Å². The van der Waals surface area contributed by atoms with E-state index in [1.54, 1.807) is 20.8 Å². The highest BCUT2D eigenvalue weighted by Crippen LogP contribution is 1.98. The van der Waals surface area contributed by atoms with Crippen molar-refractivity contribution in [3.8, 4) is 0 Å². The smallest absolute Gasteiger partial charge is 0.333 e. The summed E-state index contributed by atoms with van der Waals surface area (Å²) in [7, 11) is 0. The van der Waals surface area contributed by atoms with Crippen LogP contribution in [0.3, 0.4) is 0 Å². The third kappa shape index (κ3) is 10.9. The predicted octanol–water partition coefficient (Wildman–Crippen LogP) is 1.65. The van der Waals surface area contributed by atoms with Crippen LogP contribution in [-0.4, -0.2) is 62.3 Å². The minimum absolute atomic E-state index is 0.147. The molecule has 0 radical (unpaired) electrons. The SMILES string of the molecule is C=C(C)C(=O)OCCN(CCOC(=O)C(=C)C)CCOC(=O)C(=C)C. The third-order valence-corrected chi connectivity index (χ3v) is 2.97. The molecule has 0 aliphatic carbocycles. The Kier molecular flexibility index (Phi) is 10.9. The van der Waals surface area contributed by atoms with E-state index in [4.69, 9.17) is 14.2 Å². The Hall–Kier alpha value is -2.41. The number of esters is 3. The van der Waals surface area contributed by atoms with Crippen molar-refractivity contribution in [1.29, 1.82) is 0 Å². The minimum atomic E-state index is -0.470. The number of carbonyl (C=O) groups excluding carboxylic acids is 3. The summed E-state index contributed by atoms with van der Waals surface area (Å²) in [6.45, 7) is 16.8. The zero-order valence-electron chi connectivity index (χ0n) is 15.3. The molecule has 140 valence electrons. The fourth-order valence-electron chi connectivity index (χ4n) is 1.51. The average molecular weight is 353 g/mol. The summed E-state index contributed by atoms with van der Waals surface area (Å²) in [5, 5.41) is 0. The van der Waals surface area contributed by atoms with Gasteiger partial charge in [0.25, 0.3) is 0 Å². The summed E-state index contributed by atoms with van der Waals surface area (Å²) >= 11 is 0. The monoisotopic (exact) mass is 353 g/mol. The number of hydrogen-bond donors (Lipinski definition) is 0. The maximum Gasteiger partial charge on any atom is 0.333 e. The largest absolute Gasteiger partial charge is 0.461 e. The number of nitrogens with zero attached hydrogens (tertiary/aromatic N) is 1. The lowest BCUT2D eigenvalue weighted by atomic mass is 10.3. The van der Waals surface area contributed by atoms with Gasteiger partial charge in [-0.1, -0.05) is 19.7 Å². The lowest BCUT2D eigenvalue weighted by Gasteiger charge is -2.22. The van der Waals surface area contributed by atoms with Gasteiger partial charge in [0.15, 0.2) is 0 Å². The molecule has 0 fully saturated rings. The summed E-state index contributed by atoms with van der Waals surface area (Å²) in [6.07, 6.45) is 0. The van der Waals surface area contributed by atoms with Gasteiger partial charge in [0, 0.05) is 36.4 Å². The summed E-state index contributed by atoms with van der Waals surface area (Å²) in [5.74, 6) is -1.41. The first-order valence-corrected chi connectivity index (χ1v) is 7.85. The minimum Gasteiger partial charge on any atom is -0.461 e. The molecular weight excluding hydrogens is 326 g/mol. The second kappa shape index (κ2) is 12.0. The van der Waals surface area contributed by atoms with Gasteiger partial charge in [-0.2, -0.15) is 0 Å². The lowest BCUT2D eigenvalue weighted by Crippen LogP contribution is -2.35. The maximum absolute atomic E-state index is 11.4. The van der Waals surface area contributed by atoms with Crippen LogP contribution in [0.5, 0.6) is 0 Å². The lowest BCUT2D eigenvalue weighted by molar-refractivity contribution is -0.140. The topological polar surface area (TPSA) is 82.1 Å². The molecule has 0 N–H and O–H groups in total. The molecule has 0 spiro atoms. The second-order valence-electron chi connectivity index (χ2n) is 5.59. The normalized spacial score (nSPS) is 10.1. The van der Waals surface area contributed by atoms with Crippen LogP contribution in [0, 0.1) is 0 Å². The van der Waals surface area contributed by atoms with Gasteiger partial charge in [-0.25, -0.2) is 14.4 Å². The van der Waals surface area contributed by atoms with Crippen molar-refractivity contribution in [2.24, 2.45) is 0 Å². The van der Waals surface area contributed by atoms with E-state index in [1.165, 1.54) is 0 Å². The predicted molar refractivity (Wildman–Crippen MR) is 93.8 cm³/mol. The summed E-state index contributed by atoms with van der Waals surface area (Å²) in [6, 6.07) is 0. The number of carbonyl (C=O) groups is 3. The maximum atomic E-state index is 11.4. The average Bonchev–Trinajstić information content (AvgIpc) is 2.53. The Labute approximate surface area is 148 Å². The zero-order chi connectivity index (χ0) is 19.4. The first kappa shape index (κ1) is 22.6. The van der Waals surface area contributed by atoms with E-state index in [1.807, 2.05) is 4.90 Å². The summed E-state index contributed by atoms with van der Waals surface area (Å²) < 4.78 is 15.1. The van der Waals surface area contributed by atoms with Gasteiger partial charge in [-0.15, -0.1) is 0 Å². The van der Waals surface area contributed by atoms with E-state index in [-0.39, 0.29) is 19.8 Å². The van der Waals surface area contributed by atoms with Crippen molar-refractivity contribution in [2.75, 3.05) is 39.5 Å². The number of hydrogen-bond acceptors (Lipinski definition) is 7. The van der Waals surface area contributed by atoms with Gasteiger partial charge in [0.05, 0.1) is 0 Å². The van der Waals surface area contributed by atoms with Crippen LogP contribution in [0.25, 0.3) is 0 Å². The zero-order valence-corrected chi connectivity index (χ0v) is 15.3. The summed E-state index contributed by atoms with van der Waals surface area (Å²) in [4.78, 5) is 36.0. The van der Waals surface area contributed by atoms with E-state index >= 15 is 0 Å². The van der Waals surface area contributed by atoms with Crippen molar-refractivity contribution in [2.45, 2.75) is 20.8 Å². The molecule has 0 aromatic carbocycles. The highest BCUT2D eigenvalue weighted by atomic mass is 16.5. The Morgan fingerprint density at radius 3 is 1.08 bits per heavy atom. The molecule has 0 saturated heterocycles. The molecule has 0 bridgehead atoms. The van der Waals surface area contributed by atoms with Crippen molar-refractivity contribution in [3.63, 3.8) is 0 Å². The molecule has 0 aromatic heterocycles. The van der Waals surface area contributed by atoms with Gasteiger partial charge in [0.2, 0.25) is 0 Å². The molecule has 0 heterocycles. The fraction of sp³-hybridized carbons (Fsp3) is 0.500. The van der Waals surface area contributed by atoms with E-state index < -0.39 is 17.9 Å². The molecule has 0 atom stereocenters. The van der Waals surface area contributed by atoms with Crippen molar-refractivity contribution >= 4 is 17.9 Å². The van der Waals surface area contributed by atoms with Gasteiger partial charge in [0.1, 0.15) is 19.8 Å². The van der Waals surface area contributed by atoms with Crippen molar-refractivity contribution in [3.05, 3.63) is 36.5 Å². The molecular formula is C18H27NO6. The Morgan fingerprint density at radius 1 is 0.640 bits per heavy atom. The van der Waals surface area contributed by atoms with Crippen molar-refractivity contribution < 1.29 is 28.6 Å². The van der Waals surface area contributed by atoms with Gasteiger partial charge in [-0.3, -0.25) is 4.90 Å². The molecule has 7 heteroatoms. The Morgan fingerprint density at radius 2 is 0.880 bits per heavy atom. The van der Waals surface area contributed by atoms with Gasteiger partial charge >= 0.3 is 17.9 Å². The third-order valence-electron chi connectivity index (χ3n) is 2.97. The van der Waals surface area contributed by atoms with Crippen LogP contribution in [0.15, 0.2) is 36.5 Å². The fourth-order valence-corrected chi connectivity index (χ4v) is 1.51. The Balaban J connectivity index is 4.38. The van der Waals surface area contributed by atoms with Crippen LogP contribution in [0.1, 0.15) is 20.8 Å². The quantitative estimate of drug-likeness (QED) is 0.300. The summed E-state index contributed by atoms with van der Waals surface area (Å²) in [5.41, 5.74) is 0.951. The van der Waals surface area contributed by atoms with Gasteiger partial charge < -0.3 is 14.2 Å². The van der Waals surface area contributed by atoms with Crippen LogP contribution in [0.2, 0.25) is 0 Å². The second-order valence-corrected chi connectivity index (χ2v) is 5.59. The van der Waals surface area contributed by atoms with E-state index in [9.17, 15) is 14.4 Å². The highest BCUT2D eigenvalue weighted by molar-refractivity contribution is 5.87. The highest BCUT2D eigenvalue weighted by Gasteiger charge is 2.11. The van der Waals surface area contributed by atoms with Crippen LogP contribution < -0.4 is 0 Å². The van der Waals surface area contributed by atoms with E-state index in [0.29, 0.717) is 36.4 Å². The Bertz CT molecular complexity index is 462. The molecule has 0 aliphatic rings. The van der Waals surface area contributed by atoms with Crippen molar-refractivity contribution in [1.82, 2.24) is 4.90 Å². The molecule has 0 rings (SSSR count). The first-order valence-electron chi connectivity index (χ1n) is 7.85. The standard InChI is InChI=1S/C18H27NO6/c1-13(2)16(20)23-10-7-19(8-11-24-17(21)14(3)4)9-12-25-18(22)15(5)6/h1,3,5,7-12H2,2,4,6H3.